The van der Waals surface area contributed by atoms with Crippen LogP contribution in [0.1, 0.15) is 0 Å². The van der Waals surface area contributed by atoms with Crippen LogP contribution in [0.25, 0.3) is 39.3 Å². The van der Waals surface area contributed by atoms with Crippen molar-refractivity contribution in [2.24, 2.45) is 0 Å². The average molecular weight is 245 g/mol. The Morgan fingerprint density at radius 1 is 0.895 bits per heavy atom. The molecule has 0 saturated heterocycles. The molecule has 0 bridgehead atoms. The fourth-order valence-electron chi connectivity index (χ4n) is 2.52. The Morgan fingerprint density at radius 2 is 1.58 bits per heavy atom. The zero-order chi connectivity index (χ0) is 12.8. The first-order valence-electron chi connectivity index (χ1n) is 6.16. The average Bonchev–Trinajstić information content (AvgIpc) is 2.78. The Hall–Kier alpha value is -2.68. The van der Waals surface area contributed by atoms with Crippen molar-refractivity contribution in [3.05, 3.63) is 55.1 Å². The summed E-state index contributed by atoms with van der Waals surface area (Å²) in [6, 6.07) is 16.1. The second-order valence-corrected chi connectivity index (χ2v) is 4.45. The highest BCUT2D eigenvalue weighted by atomic mass is 15.0. The molecule has 0 atom stereocenters. The molecule has 0 radical (unpaired) electrons. The summed E-state index contributed by atoms with van der Waals surface area (Å²) in [5.41, 5.74) is 4.69. The van der Waals surface area contributed by atoms with Gasteiger partial charge in [0.1, 0.15) is 5.52 Å². The molecular weight excluding hydrogens is 234 g/mol. The van der Waals surface area contributed by atoms with Gasteiger partial charge in [0, 0.05) is 11.6 Å². The second-order valence-electron chi connectivity index (χ2n) is 4.45. The number of fused-ring (bicyclic) bond motifs is 4. The molecule has 0 aliphatic heterocycles. The third-order valence-electron chi connectivity index (χ3n) is 3.38. The van der Waals surface area contributed by atoms with E-state index in [2.05, 4.69) is 18.7 Å². The minimum absolute atomic E-state index is 0.856. The monoisotopic (exact) mass is 245 g/mol. The predicted molar refractivity (Wildman–Crippen MR) is 78.9 cm³/mol. The first-order chi connectivity index (χ1) is 9.38. The minimum Gasteiger partial charge on any atom is -0.300 e. The van der Waals surface area contributed by atoms with Crippen LogP contribution in [0.5, 0.6) is 0 Å². The Bertz CT molecular complexity index is 935. The van der Waals surface area contributed by atoms with Gasteiger partial charge in [0.2, 0.25) is 0 Å². The van der Waals surface area contributed by atoms with E-state index in [1.165, 1.54) is 0 Å². The largest absolute Gasteiger partial charge is 0.300 e. The van der Waals surface area contributed by atoms with Gasteiger partial charge in [-0.05, 0) is 18.2 Å². The Balaban J connectivity index is 2.33. The molecular formula is C16H11N3. The highest BCUT2D eigenvalue weighted by Crippen LogP contribution is 2.27. The van der Waals surface area contributed by atoms with Crippen LogP contribution in [0, 0.1) is 0 Å². The van der Waals surface area contributed by atoms with Crippen molar-refractivity contribution in [1.82, 2.24) is 14.5 Å². The molecule has 3 heteroatoms. The lowest BCUT2D eigenvalue weighted by atomic mass is 10.2. The van der Waals surface area contributed by atoms with Crippen molar-refractivity contribution >= 4 is 39.3 Å². The molecule has 19 heavy (non-hydrogen) atoms. The van der Waals surface area contributed by atoms with E-state index in [1.807, 2.05) is 41.0 Å². The van der Waals surface area contributed by atoms with Gasteiger partial charge in [-0.3, -0.25) is 4.57 Å². The number of para-hydroxylation sites is 3. The van der Waals surface area contributed by atoms with Crippen molar-refractivity contribution in [3.63, 3.8) is 0 Å². The van der Waals surface area contributed by atoms with Crippen molar-refractivity contribution in [1.29, 1.82) is 0 Å². The van der Waals surface area contributed by atoms with Gasteiger partial charge in [0.25, 0.3) is 0 Å². The lowest BCUT2D eigenvalue weighted by molar-refractivity contribution is 1.23. The van der Waals surface area contributed by atoms with E-state index in [0.717, 1.165) is 33.1 Å². The van der Waals surface area contributed by atoms with E-state index >= 15 is 0 Å². The normalized spacial score (nSPS) is 11.4. The summed E-state index contributed by atoms with van der Waals surface area (Å²) in [5.74, 6) is 0. The van der Waals surface area contributed by atoms with Gasteiger partial charge in [-0.15, -0.1) is 0 Å². The van der Waals surface area contributed by atoms with E-state index < -0.39 is 0 Å². The van der Waals surface area contributed by atoms with Crippen LogP contribution in [-0.2, 0) is 0 Å². The van der Waals surface area contributed by atoms with Crippen LogP contribution in [-0.4, -0.2) is 14.5 Å². The summed E-state index contributed by atoms with van der Waals surface area (Å²) in [5, 5.41) is 1.11. The summed E-state index contributed by atoms with van der Waals surface area (Å²) >= 11 is 0. The number of aromatic nitrogens is 3. The molecule has 0 fully saturated rings. The van der Waals surface area contributed by atoms with E-state index in [1.54, 1.807) is 6.20 Å². The maximum Gasteiger partial charge on any atom is 0.164 e. The Morgan fingerprint density at radius 3 is 2.37 bits per heavy atom. The molecule has 4 aromatic rings. The van der Waals surface area contributed by atoms with Crippen molar-refractivity contribution in [2.45, 2.75) is 0 Å². The second kappa shape index (κ2) is 3.65. The summed E-state index contributed by atoms with van der Waals surface area (Å²) in [6.45, 7) is 3.88. The molecule has 2 aromatic heterocycles. The number of benzene rings is 2. The molecule has 0 amide bonds. The maximum absolute atomic E-state index is 4.74. The molecule has 90 valence electrons. The van der Waals surface area contributed by atoms with Crippen LogP contribution in [0.2, 0.25) is 0 Å². The van der Waals surface area contributed by atoms with Crippen LogP contribution in [0.3, 0.4) is 0 Å². The molecule has 3 nitrogen and oxygen atoms in total. The van der Waals surface area contributed by atoms with Gasteiger partial charge < -0.3 is 0 Å². The molecule has 2 heterocycles. The lowest BCUT2D eigenvalue weighted by Crippen LogP contribution is -1.90. The van der Waals surface area contributed by atoms with Crippen LogP contribution in [0.4, 0.5) is 0 Å². The van der Waals surface area contributed by atoms with Crippen molar-refractivity contribution in [3.8, 4) is 0 Å². The molecule has 4 rings (SSSR count). The first kappa shape index (κ1) is 10.3. The molecule has 2 aromatic carbocycles. The number of hydrogen-bond acceptors (Lipinski definition) is 2. The van der Waals surface area contributed by atoms with Crippen LogP contribution < -0.4 is 0 Å². The Labute approximate surface area is 109 Å². The molecule has 0 spiro atoms. The van der Waals surface area contributed by atoms with Gasteiger partial charge in [-0.25, -0.2) is 9.97 Å². The Kier molecular flexibility index (Phi) is 1.97. The summed E-state index contributed by atoms with van der Waals surface area (Å²) < 4.78 is 1.99. The summed E-state index contributed by atoms with van der Waals surface area (Å²) in [6.07, 6.45) is 1.79. The zero-order valence-corrected chi connectivity index (χ0v) is 10.2. The van der Waals surface area contributed by atoms with Gasteiger partial charge in [0.05, 0.1) is 16.6 Å². The van der Waals surface area contributed by atoms with Crippen molar-refractivity contribution in [2.75, 3.05) is 0 Å². The predicted octanol–water partition coefficient (Wildman–Crippen LogP) is 3.84. The molecule has 0 unspecified atom stereocenters. The third-order valence-corrected chi connectivity index (χ3v) is 3.38. The van der Waals surface area contributed by atoms with Gasteiger partial charge >= 0.3 is 0 Å². The highest BCUT2D eigenvalue weighted by Gasteiger charge is 2.11. The van der Waals surface area contributed by atoms with Gasteiger partial charge in [0.15, 0.2) is 5.65 Å². The van der Waals surface area contributed by atoms with E-state index in [9.17, 15) is 0 Å². The molecule has 0 saturated carbocycles. The molecule has 0 aliphatic rings. The standard InChI is InChI=1S/C16H11N3/c1-2-19-14-10-6-3-7-11(14)15-16(19)18-13-9-5-4-8-12(13)17-15/h2-10H,1H2. The smallest absolute Gasteiger partial charge is 0.164 e. The van der Waals surface area contributed by atoms with E-state index in [4.69, 9.17) is 9.97 Å². The van der Waals surface area contributed by atoms with Crippen LogP contribution >= 0.6 is 0 Å². The maximum atomic E-state index is 4.74. The highest BCUT2D eigenvalue weighted by molar-refractivity contribution is 6.07. The fraction of sp³-hybridized carbons (Fsp3) is 0. The zero-order valence-electron chi connectivity index (χ0n) is 10.2. The quantitative estimate of drug-likeness (QED) is 0.510. The third kappa shape index (κ3) is 1.32. The topological polar surface area (TPSA) is 30.7 Å². The molecule has 0 N–H and O–H groups in total. The number of nitrogens with zero attached hydrogens (tertiary/aromatic N) is 3. The SMILES string of the molecule is C=Cn1c2ccccc2c2nc3ccccc3nc21. The number of rotatable bonds is 1. The minimum atomic E-state index is 0.856. The van der Waals surface area contributed by atoms with Gasteiger partial charge in [-0.2, -0.15) is 0 Å². The fourth-order valence-corrected chi connectivity index (χ4v) is 2.52. The first-order valence-corrected chi connectivity index (χ1v) is 6.16. The van der Waals surface area contributed by atoms with E-state index in [0.29, 0.717) is 0 Å². The van der Waals surface area contributed by atoms with Crippen LogP contribution in [0.15, 0.2) is 55.1 Å². The van der Waals surface area contributed by atoms with E-state index in [-0.39, 0.29) is 0 Å². The summed E-state index contributed by atoms with van der Waals surface area (Å²) in [7, 11) is 0. The lowest BCUT2D eigenvalue weighted by Gasteiger charge is -1.99. The number of hydrogen-bond donors (Lipinski definition) is 0. The van der Waals surface area contributed by atoms with Gasteiger partial charge in [-0.1, -0.05) is 36.9 Å². The summed E-state index contributed by atoms with van der Waals surface area (Å²) in [4.78, 5) is 9.46. The molecule has 0 aliphatic carbocycles. The van der Waals surface area contributed by atoms with Crippen molar-refractivity contribution < 1.29 is 0 Å².